The number of rotatable bonds is 5. The number of alkyl halides is 3. The Morgan fingerprint density at radius 3 is 2.54 bits per heavy atom. The van der Waals surface area contributed by atoms with Gasteiger partial charge in [0.2, 0.25) is 3.79 Å². The van der Waals surface area contributed by atoms with Crippen LogP contribution in [0.15, 0.2) is 24.3 Å². The zero-order valence-electron chi connectivity index (χ0n) is 15.0. The second kappa shape index (κ2) is 8.79. The molecule has 0 unspecified atom stereocenters. The minimum atomic E-state index is -1.82. The number of carbonyl (C=O) groups excluding carboxylic acids is 1. The molecule has 0 saturated heterocycles. The van der Waals surface area contributed by atoms with Crippen molar-refractivity contribution in [1.82, 2.24) is 5.32 Å². The molecule has 9 heteroatoms. The van der Waals surface area contributed by atoms with E-state index >= 15 is 0 Å². The molecule has 28 heavy (non-hydrogen) atoms. The molecule has 0 aliphatic heterocycles. The summed E-state index contributed by atoms with van der Waals surface area (Å²) in [6.07, 6.45) is 2.94. The fourth-order valence-electron chi connectivity index (χ4n) is 3.07. The highest BCUT2D eigenvalue weighted by Gasteiger charge is 2.36. The average Bonchev–Trinajstić information content (AvgIpc) is 3.03. The Labute approximate surface area is 182 Å². The molecule has 0 bridgehead atoms. The number of nitrogens with one attached hydrogen (secondary N) is 2. The number of fused-ring (bicyclic) bond motifs is 1. The number of anilines is 1. The van der Waals surface area contributed by atoms with E-state index in [1.165, 1.54) is 16.2 Å². The molecule has 1 amide bonds. The lowest BCUT2D eigenvalue weighted by Crippen LogP contribution is -2.49. The van der Waals surface area contributed by atoms with Crippen LogP contribution in [0.5, 0.6) is 5.75 Å². The largest absolute Gasteiger partial charge is 0.497 e. The molecule has 5 nitrogen and oxygen atoms in total. The van der Waals surface area contributed by atoms with Crippen molar-refractivity contribution in [3.05, 3.63) is 45.8 Å². The monoisotopic (exact) mass is 457 g/mol. The smallest absolute Gasteiger partial charge is 0.252 e. The van der Waals surface area contributed by atoms with Crippen LogP contribution in [0.1, 0.15) is 39.2 Å². The first-order chi connectivity index (χ1) is 13.3. The molecule has 2 aromatic rings. The van der Waals surface area contributed by atoms with Crippen molar-refractivity contribution in [2.75, 3.05) is 12.4 Å². The van der Waals surface area contributed by atoms with E-state index in [-0.39, 0.29) is 0 Å². The Hall–Kier alpha value is -1.65. The third-order valence-corrected chi connectivity index (χ3v) is 6.39. The number of thiophene rings is 1. The van der Waals surface area contributed by atoms with Crippen LogP contribution in [0.4, 0.5) is 5.00 Å². The van der Waals surface area contributed by atoms with Crippen molar-refractivity contribution >= 4 is 57.0 Å². The van der Waals surface area contributed by atoms with Gasteiger partial charge in [-0.3, -0.25) is 4.79 Å². The summed E-state index contributed by atoms with van der Waals surface area (Å²) in [6.45, 7) is 0. The normalized spacial score (nSPS) is 14.5. The van der Waals surface area contributed by atoms with Crippen LogP contribution in [0.2, 0.25) is 0 Å². The highest BCUT2D eigenvalue weighted by Crippen LogP contribution is 2.40. The van der Waals surface area contributed by atoms with Gasteiger partial charge in [0.15, 0.2) is 0 Å². The van der Waals surface area contributed by atoms with Gasteiger partial charge in [-0.05, 0) is 55.5 Å². The molecule has 1 aromatic carbocycles. The Morgan fingerprint density at radius 1 is 1.25 bits per heavy atom. The summed E-state index contributed by atoms with van der Waals surface area (Å²) in [6, 6.07) is 8.84. The average molecular weight is 459 g/mol. The quantitative estimate of drug-likeness (QED) is 0.486. The molecule has 0 fully saturated rings. The predicted molar refractivity (Wildman–Crippen MR) is 114 cm³/mol. The van der Waals surface area contributed by atoms with Crippen LogP contribution in [-0.4, -0.2) is 23.0 Å². The molecular weight excluding hydrogens is 441 g/mol. The fraction of sp³-hybridized carbons (Fsp3) is 0.368. The molecule has 2 N–H and O–H groups in total. The number of nitrogens with zero attached hydrogens (tertiary/aromatic N) is 1. The van der Waals surface area contributed by atoms with Crippen molar-refractivity contribution in [1.29, 1.82) is 5.26 Å². The topological polar surface area (TPSA) is 74.2 Å². The van der Waals surface area contributed by atoms with Crippen molar-refractivity contribution < 1.29 is 9.53 Å². The Balaban J connectivity index is 1.82. The molecule has 0 spiro atoms. The van der Waals surface area contributed by atoms with Gasteiger partial charge in [0.25, 0.3) is 5.91 Å². The summed E-state index contributed by atoms with van der Waals surface area (Å²) in [7, 11) is 1.55. The maximum atomic E-state index is 12.6. The van der Waals surface area contributed by atoms with E-state index in [0.717, 1.165) is 31.2 Å². The number of carbonyl (C=O) groups is 1. The number of amides is 1. The summed E-state index contributed by atoms with van der Waals surface area (Å²) in [5, 5.41) is 16.0. The van der Waals surface area contributed by atoms with Gasteiger partial charge in [-0.2, -0.15) is 5.26 Å². The van der Waals surface area contributed by atoms with Gasteiger partial charge >= 0.3 is 0 Å². The number of benzene rings is 1. The van der Waals surface area contributed by atoms with Crippen LogP contribution in [-0.2, 0) is 12.8 Å². The molecule has 1 aliphatic rings. The van der Waals surface area contributed by atoms with Gasteiger partial charge in [0.05, 0.1) is 12.7 Å². The number of aryl methyl sites for hydroxylation is 1. The summed E-state index contributed by atoms with van der Waals surface area (Å²) in [5.41, 5.74) is 2.02. The number of hydrogen-bond donors (Lipinski definition) is 2. The van der Waals surface area contributed by atoms with Crippen molar-refractivity contribution in [2.24, 2.45) is 0 Å². The number of nitriles is 1. The Bertz CT molecular complexity index is 901. The number of halogens is 3. The standard InChI is InChI=1S/C19H18Cl3N3O2S/c1-27-12-8-6-11(7-9-12)16(26)24-18(19(20,21)22)25-17-14(10-23)13-4-2-3-5-15(13)28-17/h6-9,18,25H,2-5H2,1H3,(H,24,26)/t18-/m0/s1. The minimum Gasteiger partial charge on any atom is -0.497 e. The highest BCUT2D eigenvalue weighted by atomic mass is 35.6. The zero-order chi connectivity index (χ0) is 20.3. The molecule has 1 aliphatic carbocycles. The van der Waals surface area contributed by atoms with Crippen LogP contribution in [0.3, 0.4) is 0 Å². The number of ether oxygens (including phenoxy) is 1. The lowest BCUT2D eigenvalue weighted by molar-refractivity contribution is 0.0942. The van der Waals surface area contributed by atoms with Gasteiger partial charge in [-0.25, -0.2) is 0 Å². The van der Waals surface area contributed by atoms with Crippen molar-refractivity contribution in [3.8, 4) is 11.8 Å². The van der Waals surface area contributed by atoms with Gasteiger partial charge in [-0.15, -0.1) is 11.3 Å². The molecule has 1 atom stereocenters. The van der Waals surface area contributed by atoms with Crippen molar-refractivity contribution in [2.45, 2.75) is 35.6 Å². The molecule has 0 radical (unpaired) electrons. The van der Waals surface area contributed by atoms with Crippen LogP contribution in [0, 0.1) is 11.3 Å². The molecule has 1 aromatic heterocycles. The van der Waals surface area contributed by atoms with E-state index in [1.807, 2.05) is 0 Å². The second-order valence-electron chi connectivity index (χ2n) is 6.35. The van der Waals surface area contributed by atoms with E-state index in [4.69, 9.17) is 39.5 Å². The van der Waals surface area contributed by atoms with Crippen LogP contribution < -0.4 is 15.4 Å². The molecular formula is C19H18Cl3N3O2S. The first kappa shape index (κ1) is 21.1. The van der Waals surface area contributed by atoms with E-state index in [9.17, 15) is 10.1 Å². The first-order valence-electron chi connectivity index (χ1n) is 8.66. The third kappa shape index (κ3) is 4.66. The van der Waals surface area contributed by atoms with Gasteiger partial charge < -0.3 is 15.4 Å². The van der Waals surface area contributed by atoms with Crippen LogP contribution >= 0.6 is 46.1 Å². The van der Waals surface area contributed by atoms with Crippen LogP contribution in [0.25, 0.3) is 0 Å². The number of hydrogen-bond acceptors (Lipinski definition) is 5. The van der Waals surface area contributed by atoms with Crippen molar-refractivity contribution in [3.63, 3.8) is 0 Å². The second-order valence-corrected chi connectivity index (χ2v) is 9.82. The maximum absolute atomic E-state index is 12.6. The zero-order valence-corrected chi connectivity index (χ0v) is 18.1. The van der Waals surface area contributed by atoms with E-state index < -0.39 is 15.9 Å². The van der Waals surface area contributed by atoms with Gasteiger partial charge in [0.1, 0.15) is 23.0 Å². The van der Waals surface area contributed by atoms with E-state index in [2.05, 4.69) is 16.7 Å². The summed E-state index contributed by atoms with van der Waals surface area (Å²) in [4.78, 5) is 13.8. The molecule has 0 saturated carbocycles. The van der Waals surface area contributed by atoms with E-state index in [0.29, 0.717) is 21.9 Å². The SMILES string of the molecule is COc1ccc(C(=O)N[C@@H](Nc2sc3c(c2C#N)CCCC3)C(Cl)(Cl)Cl)cc1. The highest BCUT2D eigenvalue weighted by molar-refractivity contribution is 7.16. The summed E-state index contributed by atoms with van der Waals surface area (Å²) in [5.74, 6) is 0.224. The fourth-order valence-corrected chi connectivity index (χ4v) is 4.67. The van der Waals surface area contributed by atoms with E-state index in [1.54, 1.807) is 31.4 Å². The molecule has 148 valence electrons. The summed E-state index contributed by atoms with van der Waals surface area (Å²) >= 11 is 19.8. The number of methoxy groups -OCH3 is 1. The third-order valence-electron chi connectivity index (χ3n) is 4.51. The minimum absolute atomic E-state index is 0.396. The predicted octanol–water partition coefficient (Wildman–Crippen LogP) is 5.05. The maximum Gasteiger partial charge on any atom is 0.252 e. The lowest BCUT2D eigenvalue weighted by atomic mass is 9.96. The Kier molecular flexibility index (Phi) is 6.61. The van der Waals surface area contributed by atoms with Gasteiger partial charge in [0, 0.05) is 10.4 Å². The Morgan fingerprint density at radius 2 is 1.93 bits per heavy atom. The molecule has 3 rings (SSSR count). The first-order valence-corrected chi connectivity index (χ1v) is 10.6. The lowest BCUT2D eigenvalue weighted by Gasteiger charge is -2.27. The summed E-state index contributed by atoms with van der Waals surface area (Å²) < 4.78 is 3.27. The molecule has 1 heterocycles. The van der Waals surface area contributed by atoms with Gasteiger partial charge in [-0.1, -0.05) is 34.8 Å².